The molecule has 2 aliphatic rings. The molecular formula is C7H13PSe4. The van der Waals surface area contributed by atoms with Crippen LogP contribution >= 0.6 is 1.58 Å². The van der Waals surface area contributed by atoms with Crippen LogP contribution in [-0.4, -0.2) is 60.8 Å². The van der Waals surface area contributed by atoms with Gasteiger partial charge in [-0.25, -0.2) is 0 Å². The van der Waals surface area contributed by atoms with E-state index in [1.165, 1.54) is 0 Å². The van der Waals surface area contributed by atoms with Gasteiger partial charge in [-0.3, -0.25) is 0 Å². The minimum atomic E-state index is -0.708. The molecule has 0 nitrogen and oxygen atoms in total. The van der Waals surface area contributed by atoms with Crippen molar-refractivity contribution in [3.63, 3.8) is 0 Å². The van der Waals surface area contributed by atoms with Crippen molar-refractivity contribution in [3.05, 3.63) is 0 Å². The third kappa shape index (κ3) is 2.55. The topological polar surface area (TPSA) is 0 Å². The van der Waals surface area contributed by atoms with Crippen LogP contribution in [-0.2, 0) is 0 Å². The first-order chi connectivity index (χ1) is 5.49. The molecule has 2 rings (SSSR count). The molecule has 0 aromatic carbocycles. The zero-order chi connectivity index (χ0) is 8.82. The van der Waals surface area contributed by atoms with Crippen LogP contribution < -0.4 is 0 Å². The van der Waals surface area contributed by atoms with Crippen molar-refractivity contribution in [1.29, 1.82) is 0 Å². The van der Waals surface area contributed by atoms with Gasteiger partial charge in [0.1, 0.15) is 0 Å². The standard InChI is InChI=1S/C7H13PSe4/c9-8(10,11)12-7-3-1-6(5-7)2-4-7/h6H,1-5H2,(H2,9,10,11). The molecule has 0 N–H and O–H groups in total. The average Bonchev–Trinajstić information content (AvgIpc) is 2.40. The van der Waals surface area contributed by atoms with E-state index < -0.39 is 1.58 Å². The quantitative estimate of drug-likeness (QED) is 0.443. The van der Waals surface area contributed by atoms with Crippen molar-refractivity contribution in [2.24, 2.45) is 5.92 Å². The predicted octanol–water partition coefficient (Wildman–Crippen LogP) is 1.09. The summed E-state index contributed by atoms with van der Waals surface area (Å²) in [6.07, 6.45) is 7.77. The van der Waals surface area contributed by atoms with Gasteiger partial charge >= 0.3 is 105 Å². The number of hydrogen-bond acceptors (Lipinski definition) is 0. The van der Waals surface area contributed by atoms with E-state index in [9.17, 15) is 0 Å². The van der Waals surface area contributed by atoms with Gasteiger partial charge in [-0.15, -0.1) is 0 Å². The van der Waals surface area contributed by atoms with Crippen LogP contribution in [0.1, 0.15) is 32.1 Å². The Kier molecular flexibility index (Phi) is 3.51. The van der Waals surface area contributed by atoms with Gasteiger partial charge in [-0.1, -0.05) is 0 Å². The Balaban J connectivity index is 2.08. The van der Waals surface area contributed by atoms with E-state index in [0.717, 1.165) is 24.7 Å². The van der Waals surface area contributed by atoms with E-state index in [1.54, 1.807) is 32.1 Å². The summed E-state index contributed by atoms with van der Waals surface area (Å²) < 4.78 is 0.136. The molecular weight excluding hydrogens is 431 g/mol. The second-order valence-corrected chi connectivity index (χ2v) is 46.3. The molecule has 0 aliphatic heterocycles. The van der Waals surface area contributed by atoms with Gasteiger partial charge < -0.3 is 0 Å². The number of hydrogen-bond donors (Lipinski definition) is 0. The van der Waals surface area contributed by atoms with Crippen LogP contribution in [0.2, 0.25) is 4.31 Å². The molecule has 0 aromatic heterocycles. The summed E-state index contributed by atoms with van der Waals surface area (Å²) in [5.41, 5.74) is 0. The zero-order valence-corrected chi connectivity index (χ0v) is 14.8. The Bertz CT molecular complexity index is 226. The van der Waals surface area contributed by atoms with Gasteiger partial charge in [0.05, 0.1) is 0 Å². The zero-order valence-electron chi connectivity index (χ0n) is 6.77. The molecule has 2 fully saturated rings. The molecule has 0 spiro atoms. The molecule has 0 amide bonds. The van der Waals surface area contributed by atoms with Crippen molar-refractivity contribution in [3.8, 4) is 0 Å². The van der Waals surface area contributed by atoms with Crippen molar-refractivity contribution in [1.82, 2.24) is 0 Å². The summed E-state index contributed by atoms with van der Waals surface area (Å²) >= 11 is 10.1. The van der Waals surface area contributed by atoms with Crippen LogP contribution in [0.15, 0.2) is 0 Å². The molecule has 0 atom stereocenters. The Morgan fingerprint density at radius 3 is 2.25 bits per heavy atom. The second-order valence-electron chi connectivity index (χ2n) is 3.91. The van der Waals surface area contributed by atoms with Crippen LogP contribution in [0, 0.1) is 5.92 Å². The molecule has 12 heavy (non-hydrogen) atoms. The normalized spacial score (nSPS) is 40.7. The van der Waals surface area contributed by atoms with Gasteiger partial charge in [-0.05, 0) is 0 Å². The third-order valence-electron chi connectivity index (χ3n) is 2.99. The van der Waals surface area contributed by atoms with E-state index >= 15 is 0 Å². The molecule has 0 radical (unpaired) electrons. The fourth-order valence-electron chi connectivity index (χ4n) is 2.52. The molecule has 0 unspecified atom stereocenters. The first-order valence-electron chi connectivity index (χ1n) is 4.25. The van der Waals surface area contributed by atoms with Crippen LogP contribution in [0.5, 0.6) is 0 Å². The first kappa shape index (κ1) is 11.0. The third-order valence-corrected chi connectivity index (χ3v) is 16.5. The van der Waals surface area contributed by atoms with E-state index in [1.807, 2.05) is 0 Å². The first-order valence-corrected chi connectivity index (χ1v) is 16.3. The Morgan fingerprint density at radius 1 is 1.33 bits per heavy atom. The average molecular weight is 444 g/mol. The maximum atomic E-state index is 3.40. The maximum absolute atomic E-state index is 3.40. The molecule has 70 valence electrons. The Hall–Kier alpha value is 2.51. The van der Waals surface area contributed by atoms with Crippen molar-refractivity contribution in [2.75, 3.05) is 0 Å². The van der Waals surface area contributed by atoms with E-state index in [2.05, 4.69) is 46.2 Å². The summed E-state index contributed by atoms with van der Waals surface area (Å²) in [5, 5.41) is 0. The van der Waals surface area contributed by atoms with Gasteiger partial charge in [-0.2, -0.15) is 0 Å². The molecule has 0 aromatic rings. The Labute approximate surface area is 104 Å². The summed E-state index contributed by atoms with van der Waals surface area (Å²) in [6.45, 7) is 0. The van der Waals surface area contributed by atoms with Gasteiger partial charge in [0.25, 0.3) is 0 Å². The summed E-state index contributed by atoms with van der Waals surface area (Å²) in [7, 11) is 0. The summed E-state index contributed by atoms with van der Waals surface area (Å²) in [4.78, 5) is 0. The molecule has 2 bridgehead atoms. The van der Waals surface area contributed by atoms with Crippen molar-refractivity contribution >= 4 is 62.3 Å². The fourth-order valence-corrected chi connectivity index (χ4v) is 25.6. The second kappa shape index (κ2) is 3.82. The molecule has 2 saturated carbocycles. The molecule has 2 aliphatic carbocycles. The number of rotatable bonds is 2. The Morgan fingerprint density at radius 2 is 1.92 bits per heavy atom. The summed E-state index contributed by atoms with van der Waals surface area (Å²) in [6, 6.07) is 0. The predicted molar refractivity (Wildman–Crippen MR) is 62.0 cm³/mol. The van der Waals surface area contributed by atoms with E-state index in [4.69, 9.17) is 0 Å². The van der Waals surface area contributed by atoms with Crippen molar-refractivity contribution in [2.45, 2.75) is 36.4 Å². The van der Waals surface area contributed by atoms with Gasteiger partial charge in [0.15, 0.2) is 0 Å². The van der Waals surface area contributed by atoms with Gasteiger partial charge in [0, 0.05) is 0 Å². The van der Waals surface area contributed by atoms with Crippen molar-refractivity contribution < 1.29 is 0 Å². The van der Waals surface area contributed by atoms with Crippen LogP contribution in [0.25, 0.3) is 0 Å². The van der Waals surface area contributed by atoms with E-state index in [-0.39, 0.29) is 0 Å². The molecule has 5 heteroatoms. The monoisotopic (exact) mass is 448 g/mol. The fraction of sp³-hybridized carbons (Fsp3) is 1.00. The summed E-state index contributed by atoms with van der Waals surface area (Å²) in [5.74, 6) is 1.12. The van der Waals surface area contributed by atoms with Gasteiger partial charge in [0.2, 0.25) is 0 Å². The van der Waals surface area contributed by atoms with Crippen LogP contribution in [0.4, 0.5) is 0 Å². The SMILES string of the molecule is [Se]=P([SeH])([SeH])[Se]C12CCC(CC1)C2. The molecule has 0 heterocycles. The van der Waals surface area contributed by atoms with E-state index in [0.29, 0.717) is 0 Å². The molecule has 0 saturated heterocycles. The number of fused-ring (bicyclic) bond motifs is 2. The van der Waals surface area contributed by atoms with Crippen LogP contribution in [0.3, 0.4) is 0 Å². The minimum absolute atomic E-state index is 0.708.